The smallest absolute Gasteiger partial charge is 0.133 e. The Morgan fingerprint density at radius 3 is 2.80 bits per heavy atom. The van der Waals surface area contributed by atoms with Crippen LogP contribution in [-0.2, 0) is 13.0 Å². The van der Waals surface area contributed by atoms with Gasteiger partial charge in [0.25, 0.3) is 0 Å². The SMILES string of the molecule is CCCc1nc(NC)cc(NCCCn2ccnn2)n1. The van der Waals surface area contributed by atoms with Crippen LogP contribution in [0.25, 0.3) is 0 Å². The molecule has 0 unspecified atom stereocenters. The van der Waals surface area contributed by atoms with E-state index in [1.54, 1.807) is 6.20 Å². The second-order valence-corrected chi connectivity index (χ2v) is 4.50. The summed E-state index contributed by atoms with van der Waals surface area (Å²) in [5.41, 5.74) is 0. The molecule has 0 atom stereocenters. The average molecular weight is 275 g/mol. The molecule has 2 heterocycles. The molecule has 0 amide bonds. The van der Waals surface area contributed by atoms with E-state index < -0.39 is 0 Å². The van der Waals surface area contributed by atoms with Gasteiger partial charge in [-0.1, -0.05) is 12.1 Å². The summed E-state index contributed by atoms with van der Waals surface area (Å²) in [6, 6.07) is 1.93. The molecule has 2 N–H and O–H groups in total. The molecule has 0 radical (unpaired) electrons. The molecule has 108 valence electrons. The van der Waals surface area contributed by atoms with Crippen LogP contribution in [0, 0.1) is 0 Å². The molecular weight excluding hydrogens is 254 g/mol. The largest absolute Gasteiger partial charge is 0.373 e. The summed E-state index contributed by atoms with van der Waals surface area (Å²) in [4.78, 5) is 8.93. The summed E-state index contributed by atoms with van der Waals surface area (Å²) in [6.45, 7) is 3.81. The van der Waals surface area contributed by atoms with E-state index in [2.05, 4.69) is 37.8 Å². The minimum atomic E-state index is 0.839. The monoisotopic (exact) mass is 275 g/mol. The fourth-order valence-corrected chi connectivity index (χ4v) is 1.86. The van der Waals surface area contributed by atoms with Crippen molar-refractivity contribution in [1.82, 2.24) is 25.0 Å². The Balaban J connectivity index is 1.86. The quantitative estimate of drug-likeness (QED) is 0.712. The molecule has 0 spiro atoms. The van der Waals surface area contributed by atoms with Gasteiger partial charge in [-0.25, -0.2) is 9.97 Å². The molecule has 0 aromatic carbocycles. The summed E-state index contributed by atoms with van der Waals surface area (Å²) < 4.78 is 1.82. The summed E-state index contributed by atoms with van der Waals surface area (Å²) in [7, 11) is 1.87. The van der Waals surface area contributed by atoms with Gasteiger partial charge in [-0.05, 0) is 12.8 Å². The van der Waals surface area contributed by atoms with Gasteiger partial charge in [0.1, 0.15) is 17.5 Å². The van der Waals surface area contributed by atoms with Crippen molar-refractivity contribution in [2.24, 2.45) is 0 Å². The zero-order chi connectivity index (χ0) is 14.2. The van der Waals surface area contributed by atoms with Crippen molar-refractivity contribution in [3.8, 4) is 0 Å². The Kier molecular flexibility index (Phi) is 5.28. The average Bonchev–Trinajstić information content (AvgIpc) is 2.97. The number of anilines is 2. The van der Waals surface area contributed by atoms with Gasteiger partial charge in [0, 0.05) is 38.8 Å². The third kappa shape index (κ3) is 4.18. The Hall–Kier alpha value is -2.18. The van der Waals surface area contributed by atoms with E-state index in [1.807, 2.05) is 24.0 Å². The molecule has 7 heteroatoms. The predicted molar refractivity (Wildman–Crippen MR) is 78.7 cm³/mol. The lowest BCUT2D eigenvalue weighted by Gasteiger charge is -2.09. The molecule has 0 aliphatic rings. The van der Waals surface area contributed by atoms with Gasteiger partial charge in [0.05, 0.1) is 6.20 Å². The summed E-state index contributed by atoms with van der Waals surface area (Å²) in [6.07, 6.45) is 6.45. The third-order valence-electron chi connectivity index (χ3n) is 2.84. The van der Waals surface area contributed by atoms with Gasteiger partial charge in [-0.3, -0.25) is 4.68 Å². The summed E-state index contributed by atoms with van der Waals surface area (Å²) in [5, 5.41) is 14.1. The van der Waals surface area contributed by atoms with Crippen LogP contribution in [0.4, 0.5) is 11.6 Å². The highest BCUT2D eigenvalue weighted by atomic mass is 15.4. The zero-order valence-electron chi connectivity index (χ0n) is 12.0. The molecule has 2 aromatic heterocycles. The number of nitrogens with zero attached hydrogens (tertiary/aromatic N) is 5. The van der Waals surface area contributed by atoms with Gasteiger partial charge in [0.2, 0.25) is 0 Å². The lowest BCUT2D eigenvalue weighted by Crippen LogP contribution is -2.10. The molecule has 0 saturated carbocycles. The molecule has 2 rings (SSSR count). The first-order valence-corrected chi connectivity index (χ1v) is 6.95. The van der Waals surface area contributed by atoms with E-state index in [1.165, 1.54) is 0 Å². The standard InChI is InChI=1S/C13H21N7/c1-3-5-11-17-12(14-2)10-13(18-11)15-6-4-8-20-9-7-16-19-20/h7,9-10H,3-6,8H2,1-2H3,(H2,14,15,17,18). The van der Waals surface area contributed by atoms with Crippen LogP contribution >= 0.6 is 0 Å². The first-order valence-electron chi connectivity index (χ1n) is 6.95. The maximum Gasteiger partial charge on any atom is 0.133 e. The van der Waals surface area contributed by atoms with E-state index >= 15 is 0 Å². The lowest BCUT2D eigenvalue weighted by atomic mass is 10.3. The molecule has 0 fully saturated rings. The minimum absolute atomic E-state index is 0.839. The Labute approximate surface area is 118 Å². The fraction of sp³-hybridized carbons (Fsp3) is 0.538. The maximum absolute atomic E-state index is 4.51. The number of aromatic nitrogens is 5. The molecule has 0 aliphatic carbocycles. The van der Waals surface area contributed by atoms with E-state index in [0.717, 1.165) is 49.8 Å². The first-order chi connectivity index (χ1) is 9.81. The molecule has 0 saturated heterocycles. The summed E-state index contributed by atoms with van der Waals surface area (Å²) in [5.74, 6) is 2.59. The van der Waals surface area contributed by atoms with Crippen molar-refractivity contribution >= 4 is 11.6 Å². The highest BCUT2D eigenvalue weighted by Gasteiger charge is 2.03. The number of nitrogens with one attached hydrogen (secondary N) is 2. The zero-order valence-corrected chi connectivity index (χ0v) is 12.0. The Bertz CT molecular complexity index is 509. The molecular formula is C13H21N7. The van der Waals surface area contributed by atoms with Gasteiger partial charge < -0.3 is 10.6 Å². The van der Waals surface area contributed by atoms with Crippen LogP contribution in [0.5, 0.6) is 0 Å². The topological polar surface area (TPSA) is 80.5 Å². The van der Waals surface area contributed by atoms with E-state index in [-0.39, 0.29) is 0 Å². The third-order valence-corrected chi connectivity index (χ3v) is 2.84. The second kappa shape index (κ2) is 7.42. The van der Waals surface area contributed by atoms with Crippen LogP contribution in [0.15, 0.2) is 18.5 Å². The molecule has 2 aromatic rings. The van der Waals surface area contributed by atoms with Gasteiger partial charge in [-0.2, -0.15) is 0 Å². The minimum Gasteiger partial charge on any atom is -0.373 e. The van der Waals surface area contributed by atoms with Gasteiger partial charge in [-0.15, -0.1) is 5.10 Å². The van der Waals surface area contributed by atoms with Crippen molar-refractivity contribution < 1.29 is 0 Å². The van der Waals surface area contributed by atoms with Crippen molar-refractivity contribution in [2.45, 2.75) is 32.7 Å². The Morgan fingerprint density at radius 1 is 1.25 bits per heavy atom. The second-order valence-electron chi connectivity index (χ2n) is 4.50. The van der Waals surface area contributed by atoms with Crippen LogP contribution < -0.4 is 10.6 Å². The van der Waals surface area contributed by atoms with Crippen molar-refractivity contribution in [2.75, 3.05) is 24.2 Å². The van der Waals surface area contributed by atoms with Crippen molar-refractivity contribution in [3.05, 3.63) is 24.3 Å². The van der Waals surface area contributed by atoms with Crippen LogP contribution in [0.1, 0.15) is 25.6 Å². The summed E-state index contributed by atoms with van der Waals surface area (Å²) >= 11 is 0. The molecule has 0 aliphatic heterocycles. The first kappa shape index (κ1) is 14.2. The number of aryl methyl sites for hydroxylation is 2. The lowest BCUT2D eigenvalue weighted by molar-refractivity contribution is 0.569. The highest BCUT2D eigenvalue weighted by Crippen LogP contribution is 2.12. The fourth-order valence-electron chi connectivity index (χ4n) is 1.86. The normalized spacial score (nSPS) is 10.5. The molecule has 20 heavy (non-hydrogen) atoms. The van der Waals surface area contributed by atoms with E-state index in [4.69, 9.17) is 0 Å². The predicted octanol–water partition coefficient (Wildman–Crippen LogP) is 1.56. The van der Waals surface area contributed by atoms with Crippen LogP contribution in [0.2, 0.25) is 0 Å². The van der Waals surface area contributed by atoms with Crippen LogP contribution in [0.3, 0.4) is 0 Å². The van der Waals surface area contributed by atoms with E-state index in [0.29, 0.717) is 0 Å². The van der Waals surface area contributed by atoms with E-state index in [9.17, 15) is 0 Å². The maximum atomic E-state index is 4.51. The number of hydrogen-bond acceptors (Lipinski definition) is 6. The number of hydrogen-bond donors (Lipinski definition) is 2. The van der Waals surface area contributed by atoms with Gasteiger partial charge in [0.15, 0.2) is 0 Å². The Morgan fingerprint density at radius 2 is 2.10 bits per heavy atom. The molecule has 0 bridgehead atoms. The molecule has 7 nitrogen and oxygen atoms in total. The van der Waals surface area contributed by atoms with Gasteiger partial charge >= 0.3 is 0 Å². The van der Waals surface area contributed by atoms with Crippen molar-refractivity contribution in [1.29, 1.82) is 0 Å². The number of rotatable bonds is 8. The van der Waals surface area contributed by atoms with Crippen molar-refractivity contribution in [3.63, 3.8) is 0 Å². The highest BCUT2D eigenvalue weighted by molar-refractivity contribution is 5.47. The van der Waals surface area contributed by atoms with Crippen LogP contribution in [-0.4, -0.2) is 38.6 Å².